The van der Waals surface area contributed by atoms with Crippen LogP contribution in [0.3, 0.4) is 0 Å². The van der Waals surface area contributed by atoms with Gasteiger partial charge in [-0.15, -0.1) is 0 Å². The van der Waals surface area contributed by atoms with Crippen LogP contribution >= 0.6 is 0 Å². The number of alkyl halides is 6. The zero-order valence-corrected chi connectivity index (χ0v) is 48.6. The molecule has 0 aliphatic heterocycles. The first-order valence-electron chi connectivity index (χ1n) is 28.3. The smallest absolute Gasteiger partial charge is 0.402 e. The van der Waals surface area contributed by atoms with Gasteiger partial charge in [0.25, 0.3) is 0 Å². The second-order valence-electron chi connectivity index (χ2n) is 21.9. The molecule has 1 aliphatic rings. The van der Waals surface area contributed by atoms with Gasteiger partial charge in [-0.25, -0.2) is 9.59 Å². The Bertz CT molecular complexity index is 3860. The molecule has 4 unspecified atom stereocenters. The summed E-state index contributed by atoms with van der Waals surface area (Å²) in [4.78, 5) is 23.8. The Morgan fingerprint density at radius 1 is 0.589 bits per heavy atom. The number of phenolic OH excluding ortho intramolecular Hbond substituents is 4. The van der Waals surface area contributed by atoms with E-state index in [4.69, 9.17) is 19.9 Å². The summed E-state index contributed by atoms with van der Waals surface area (Å²) in [6.45, 7) is 3.90. The predicted octanol–water partition coefficient (Wildman–Crippen LogP) is 11.4. The van der Waals surface area contributed by atoms with Crippen LogP contribution in [0.15, 0.2) is 183 Å². The molecule has 22 heteroatoms. The molecule has 0 heterocycles. The third-order valence-electron chi connectivity index (χ3n) is 16.2. The summed E-state index contributed by atoms with van der Waals surface area (Å²) in [6, 6.07) is 43.2. The highest BCUT2D eigenvalue weighted by Gasteiger charge is 2.55. The van der Waals surface area contributed by atoms with E-state index in [9.17, 15) is 53.4 Å². The highest BCUT2D eigenvalue weighted by Crippen LogP contribution is 2.57. The lowest BCUT2D eigenvalue weighted by molar-refractivity contribution is -0.173. The lowest BCUT2D eigenvalue weighted by Crippen LogP contribution is -2.41. The van der Waals surface area contributed by atoms with Gasteiger partial charge in [0.1, 0.15) is 77.4 Å². The van der Waals surface area contributed by atoms with Crippen molar-refractivity contribution in [3.05, 3.63) is 233 Å². The predicted molar refractivity (Wildman–Crippen MR) is 327 cm³/mol. The number of halogens is 6. The Labute approximate surface area is 513 Å². The first-order valence-corrected chi connectivity index (χ1v) is 28.3. The van der Waals surface area contributed by atoms with E-state index in [1.54, 1.807) is 24.3 Å². The van der Waals surface area contributed by atoms with E-state index in [1.165, 1.54) is 6.07 Å². The van der Waals surface area contributed by atoms with Gasteiger partial charge >= 0.3 is 24.4 Å². The molecule has 4 atom stereocenters. The first kappa shape index (κ1) is 64.6. The average Bonchev–Trinajstić information content (AvgIpc) is 1.55. The van der Waals surface area contributed by atoms with Crippen LogP contribution in [0.1, 0.15) is 63.9 Å². The number of carbonyl (C=O) groups excluding carboxylic acids is 2. The monoisotopic (exact) mass is 1240 g/mol. The number of rotatable bonds is 24. The van der Waals surface area contributed by atoms with Crippen LogP contribution in [-0.2, 0) is 32.3 Å². The SMILES string of the molecule is C=CC(=O)OCCNC(=O)Nc1cc(C(C)(c2ccc(O)c(CNCC(O)COc3ccc(C4(c5ccc(OCC(O)CNc6cc(C(C)(c7ccc(O)c(N)c7)C(F)(F)F)ccc6O)cc5)c5ccccc5-c5ccccc54)cc3)c2)C(F)(F)F)ccc1O. The van der Waals surface area contributed by atoms with Crippen LogP contribution in [0.5, 0.6) is 34.5 Å². The number of fused-ring (bicyclic) bond motifs is 3. The number of amides is 2. The highest BCUT2D eigenvalue weighted by molar-refractivity contribution is 5.91. The second-order valence-corrected chi connectivity index (χ2v) is 21.9. The summed E-state index contributed by atoms with van der Waals surface area (Å²) in [5.41, 5.74) is 3.73. The minimum absolute atomic E-state index is 0.0661. The van der Waals surface area contributed by atoms with Gasteiger partial charge in [0.05, 0.1) is 29.0 Å². The molecule has 0 fully saturated rings. The number of hydrogen-bond donors (Lipinski definition) is 11. The maximum atomic E-state index is 15.2. The van der Waals surface area contributed by atoms with Gasteiger partial charge in [-0.05, 0) is 142 Å². The molecular weight excluding hydrogens is 1180 g/mol. The first-order chi connectivity index (χ1) is 42.8. The molecule has 16 nitrogen and oxygen atoms in total. The molecular formula is C68H65F6N5O11. The number of benzene rings is 8. The number of nitrogen functional groups attached to an aromatic ring is 1. The quantitative estimate of drug-likeness (QED) is 0.00672. The van der Waals surface area contributed by atoms with Gasteiger partial charge in [-0.1, -0.05) is 104 Å². The van der Waals surface area contributed by atoms with Crippen molar-refractivity contribution in [2.45, 2.75) is 61.2 Å². The fraction of sp³-hybridized carbons (Fsp3) is 0.235. The number of urea groups is 1. The largest absolute Gasteiger partial charge is 0.508 e. The van der Waals surface area contributed by atoms with E-state index in [0.29, 0.717) is 11.5 Å². The van der Waals surface area contributed by atoms with Gasteiger partial charge in [0.2, 0.25) is 0 Å². The minimum Gasteiger partial charge on any atom is -0.508 e. The Morgan fingerprint density at radius 2 is 1.04 bits per heavy atom. The molecule has 8 aromatic rings. The number of nitrogens with two attached hydrogens (primary N) is 1. The number of aromatic hydroxyl groups is 4. The summed E-state index contributed by atoms with van der Waals surface area (Å²) in [5.74, 6) is -1.45. The number of aliphatic hydroxyl groups excluding tert-OH is 2. The summed E-state index contributed by atoms with van der Waals surface area (Å²) < 4.78 is 107. The van der Waals surface area contributed by atoms with Gasteiger partial charge < -0.3 is 71.9 Å². The van der Waals surface area contributed by atoms with Gasteiger partial charge in [0, 0.05) is 31.3 Å². The van der Waals surface area contributed by atoms with Crippen molar-refractivity contribution >= 4 is 29.1 Å². The Kier molecular flexibility index (Phi) is 19.0. The molecule has 470 valence electrons. The molecule has 1 aliphatic carbocycles. The number of nitrogens with one attached hydrogen (secondary N) is 4. The molecule has 0 spiro atoms. The molecule has 9 rings (SSSR count). The molecule has 90 heavy (non-hydrogen) atoms. The number of anilines is 3. The number of phenols is 4. The molecule has 0 saturated heterocycles. The van der Waals surface area contributed by atoms with Crippen LogP contribution < -0.4 is 36.5 Å². The molecule has 0 aromatic heterocycles. The van der Waals surface area contributed by atoms with Gasteiger partial charge in [-0.2, -0.15) is 26.3 Å². The summed E-state index contributed by atoms with van der Waals surface area (Å²) in [5, 5.41) is 74.5. The zero-order chi connectivity index (χ0) is 64.8. The van der Waals surface area contributed by atoms with Crippen LogP contribution in [0, 0.1) is 0 Å². The summed E-state index contributed by atoms with van der Waals surface area (Å²) in [6.07, 6.45) is -11.1. The van der Waals surface area contributed by atoms with E-state index >= 15 is 13.2 Å². The van der Waals surface area contributed by atoms with E-state index in [0.717, 1.165) is 120 Å². The van der Waals surface area contributed by atoms with E-state index < -0.39 is 58.6 Å². The second kappa shape index (κ2) is 26.4. The Hall–Kier alpha value is -9.90. The van der Waals surface area contributed by atoms with E-state index in [1.807, 2.05) is 48.5 Å². The molecule has 12 N–H and O–H groups in total. The van der Waals surface area contributed by atoms with Crippen LogP contribution in [-0.4, -0.2) is 107 Å². The number of ether oxygens (including phenoxy) is 3. The van der Waals surface area contributed by atoms with Crippen molar-refractivity contribution < 1.29 is 80.8 Å². The topological polar surface area (TPSA) is 257 Å². The summed E-state index contributed by atoms with van der Waals surface area (Å²) in [7, 11) is 0. The third-order valence-corrected chi connectivity index (χ3v) is 16.2. The standard InChI is InChI=1S/C68H65F6N5O11/c1-4-62(86)88-30-29-77-63(87)79-57-34-46(20-28-61(57)85)64(2,67(69,70)71)43-17-25-58(82)40(31-43)35-76-36-47(80)38-89-49-21-13-41(14-22-49)66(53-11-7-5-9-51(53)52-10-6-8-12-54(52)66)42-15-23-50(24-16-42)90-39-48(81)37-78-56-33-45(19-27-60(56)84)65(3,68(72,73)74)44-18-26-59(83)55(75)32-44/h4-28,31-34,47-48,76,78,80-85H,1,29-30,35-39,75H2,2-3H3,(H2,77,79,87). The number of carbonyl (C=O) groups is 2. The van der Waals surface area contributed by atoms with Crippen LogP contribution in [0.2, 0.25) is 0 Å². The molecule has 0 saturated carbocycles. The van der Waals surface area contributed by atoms with Crippen LogP contribution in [0.25, 0.3) is 11.1 Å². The summed E-state index contributed by atoms with van der Waals surface area (Å²) >= 11 is 0. The van der Waals surface area contributed by atoms with Crippen molar-refractivity contribution in [3.63, 3.8) is 0 Å². The third kappa shape index (κ3) is 13.1. The average molecular weight is 1240 g/mol. The van der Waals surface area contributed by atoms with Crippen LogP contribution in [0.4, 0.5) is 48.2 Å². The Morgan fingerprint density at radius 3 is 1.56 bits per heavy atom. The van der Waals surface area contributed by atoms with Crippen molar-refractivity contribution in [2.75, 3.05) is 55.8 Å². The maximum Gasteiger partial charge on any atom is 0.402 e. The van der Waals surface area contributed by atoms with E-state index in [-0.39, 0.29) is 108 Å². The van der Waals surface area contributed by atoms with Gasteiger partial charge in [0.15, 0.2) is 0 Å². The van der Waals surface area contributed by atoms with Crippen molar-refractivity contribution in [1.82, 2.24) is 10.6 Å². The molecule has 0 bridgehead atoms. The maximum absolute atomic E-state index is 15.2. The normalized spacial score (nSPS) is 14.6. The highest BCUT2D eigenvalue weighted by atomic mass is 19.4. The lowest BCUT2D eigenvalue weighted by Gasteiger charge is -2.34. The minimum atomic E-state index is -4.93. The lowest BCUT2D eigenvalue weighted by atomic mass is 9.68. The van der Waals surface area contributed by atoms with Gasteiger partial charge in [-0.3, -0.25) is 0 Å². The van der Waals surface area contributed by atoms with Crippen molar-refractivity contribution in [1.29, 1.82) is 0 Å². The van der Waals surface area contributed by atoms with Crippen molar-refractivity contribution in [2.24, 2.45) is 0 Å². The van der Waals surface area contributed by atoms with E-state index in [2.05, 4.69) is 52.1 Å². The Balaban J connectivity index is 0.846. The fourth-order valence-corrected chi connectivity index (χ4v) is 11.1. The number of aliphatic hydroxyl groups is 2. The molecule has 2 amide bonds. The van der Waals surface area contributed by atoms with Crippen molar-refractivity contribution in [3.8, 4) is 45.6 Å². The zero-order valence-electron chi connectivity index (χ0n) is 48.6. The number of hydrogen-bond acceptors (Lipinski definition) is 14. The fourth-order valence-electron chi connectivity index (χ4n) is 11.1. The molecule has 8 aromatic carbocycles. The number of esters is 1. The molecule has 0 radical (unpaired) electrons.